The van der Waals surface area contributed by atoms with E-state index >= 15 is 0 Å². The molecular formula is C17H18ClFN2O2S. The van der Waals surface area contributed by atoms with Crippen LogP contribution in [0.2, 0.25) is 5.02 Å². The smallest absolute Gasteiger partial charge is 0.182 e. The standard InChI is InChI=1S/C17H18ClFN2O2S/c18-12-4-6-14(7-5-12)24(22,23)16-15(17(16,9-20)10-21)11-2-1-3-13(19)8-11/h1-8,15-16H,9-10,20-21H2/t15-,16+/m0/s1. The highest BCUT2D eigenvalue weighted by molar-refractivity contribution is 7.92. The molecule has 0 unspecified atom stereocenters. The molecule has 1 saturated carbocycles. The van der Waals surface area contributed by atoms with Gasteiger partial charge in [0.15, 0.2) is 9.84 Å². The summed E-state index contributed by atoms with van der Waals surface area (Å²) in [4.78, 5) is 0.169. The first-order chi connectivity index (χ1) is 11.4. The molecule has 128 valence electrons. The SMILES string of the molecule is NCC1(CN)[C@H](S(=O)(=O)c2ccc(Cl)cc2)[C@@H]1c1cccc(F)c1. The van der Waals surface area contributed by atoms with Crippen molar-refractivity contribution in [2.45, 2.75) is 16.1 Å². The quantitative estimate of drug-likeness (QED) is 0.848. The Balaban J connectivity index is 2.06. The summed E-state index contributed by atoms with van der Waals surface area (Å²) in [6.07, 6.45) is 0. The first kappa shape index (κ1) is 17.4. The third-order valence-corrected chi connectivity index (χ3v) is 7.42. The van der Waals surface area contributed by atoms with Gasteiger partial charge in [-0.05, 0) is 42.0 Å². The van der Waals surface area contributed by atoms with E-state index in [9.17, 15) is 12.8 Å². The Hall–Kier alpha value is -1.47. The lowest BCUT2D eigenvalue weighted by atomic mass is 9.99. The van der Waals surface area contributed by atoms with Crippen molar-refractivity contribution < 1.29 is 12.8 Å². The van der Waals surface area contributed by atoms with Gasteiger partial charge in [0, 0.05) is 29.4 Å². The number of halogens is 2. The van der Waals surface area contributed by atoms with Crippen molar-refractivity contribution in [3.63, 3.8) is 0 Å². The average molecular weight is 369 g/mol. The van der Waals surface area contributed by atoms with E-state index in [-0.39, 0.29) is 18.0 Å². The molecular weight excluding hydrogens is 351 g/mol. The van der Waals surface area contributed by atoms with Gasteiger partial charge in [-0.1, -0.05) is 23.7 Å². The maximum atomic E-state index is 13.6. The molecule has 4 nitrogen and oxygen atoms in total. The van der Waals surface area contributed by atoms with Crippen LogP contribution in [0.1, 0.15) is 11.5 Å². The molecule has 4 N–H and O–H groups in total. The molecule has 3 rings (SSSR count). The van der Waals surface area contributed by atoms with Crippen LogP contribution in [0.5, 0.6) is 0 Å². The van der Waals surface area contributed by atoms with Gasteiger partial charge >= 0.3 is 0 Å². The van der Waals surface area contributed by atoms with Gasteiger partial charge in [-0.3, -0.25) is 0 Å². The summed E-state index contributed by atoms with van der Waals surface area (Å²) in [7, 11) is -3.67. The lowest BCUT2D eigenvalue weighted by molar-refractivity contribution is 0.509. The molecule has 0 saturated heterocycles. The van der Waals surface area contributed by atoms with Crippen LogP contribution in [-0.2, 0) is 9.84 Å². The predicted octanol–water partition coefficient (Wildman–Crippen LogP) is 2.32. The van der Waals surface area contributed by atoms with Crippen LogP contribution >= 0.6 is 11.6 Å². The zero-order chi connectivity index (χ0) is 17.5. The molecule has 1 aliphatic carbocycles. The van der Waals surface area contributed by atoms with Crippen molar-refractivity contribution in [3.05, 3.63) is 64.9 Å². The van der Waals surface area contributed by atoms with Crippen LogP contribution in [0.15, 0.2) is 53.4 Å². The summed E-state index contributed by atoms with van der Waals surface area (Å²) in [6, 6.07) is 11.9. The lowest BCUT2D eigenvalue weighted by Gasteiger charge is -2.13. The Bertz CT molecular complexity index is 851. The fourth-order valence-corrected chi connectivity index (χ4v) is 6.09. The highest BCUT2D eigenvalue weighted by atomic mass is 35.5. The van der Waals surface area contributed by atoms with Gasteiger partial charge < -0.3 is 11.5 Å². The van der Waals surface area contributed by atoms with Gasteiger partial charge in [-0.15, -0.1) is 0 Å². The molecule has 7 heteroatoms. The van der Waals surface area contributed by atoms with E-state index in [1.807, 2.05) is 0 Å². The Morgan fingerprint density at radius 2 is 1.71 bits per heavy atom. The van der Waals surface area contributed by atoms with Crippen LogP contribution in [0.3, 0.4) is 0 Å². The number of rotatable bonds is 5. The van der Waals surface area contributed by atoms with Crippen molar-refractivity contribution in [1.29, 1.82) is 0 Å². The molecule has 2 aromatic carbocycles. The maximum Gasteiger partial charge on any atom is 0.182 e. The molecule has 0 radical (unpaired) electrons. The van der Waals surface area contributed by atoms with E-state index in [2.05, 4.69) is 0 Å². The van der Waals surface area contributed by atoms with E-state index in [0.29, 0.717) is 10.6 Å². The van der Waals surface area contributed by atoms with Crippen LogP contribution in [-0.4, -0.2) is 26.8 Å². The molecule has 2 atom stereocenters. The number of hydrogen-bond donors (Lipinski definition) is 2. The summed E-state index contributed by atoms with van der Waals surface area (Å²) in [5, 5.41) is -0.321. The molecule has 1 aliphatic rings. The van der Waals surface area contributed by atoms with Gasteiger partial charge in [0.1, 0.15) is 5.82 Å². The van der Waals surface area contributed by atoms with Crippen LogP contribution in [0.4, 0.5) is 4.39 Å². The molecule has 0 aromatic heterocycles. The van der Waals surface area contributed by atoms with Crippen LogP contribution < -0.4 is 11.5 Å². The van der Waals surface area contributed by atoms with Gasteiger partial charge in [0.05, 0.1) is 10.1 Å². The second-order valence-electron chi connectivity index (χ2n) is 6.09. The molecule has 0 heterocycles. The Morgan fingerprint density at radius 1 is 1.08 bits per heavy atom. The van der Waals surface area contributed by atoms with Gasteiger partial charge in [0.2, 0.25) is 0 Å². The average Bonchev–Trinajstić information content (AvgIpc) is 3.26. The normalized spacial score (nSPS) is 22.3. The first-order valence-corrected chi connectivity index (χ1v) is 9.44. The first-order valence-electron chi connectivity index (χ1n) is 7.52. The minimum atomic E-state index is -3.67. The Morgan fingerprint density at radius 3 is 2.25 bits per heavy atom. The van der Waals surface area contributed by atoms with Gasteiger partial charge in [-0.25, -0.2) is 12.8 Å². The third-order valence-electron chi connectivity index (χ3n) is 4.82. The molecule has 0 amide bonds. The summed E-state index contributed by atoms with van der Waals surface area (Å²) < 4.78 is 39.7. The van der Waals surface area contributed by atoms with E-state index in [0.717, 1.165) is 0 Å². The van der Waals surface area contributed by atoms with Crippen LogP contribution in [0, 0.1) is 11.2 Å². The van der Waals surface area contributed by atoms with E-state index < -0.39 is 32.2 Å². The summed E-state index contributed by atoms with van der Waals surface area (Å²) >= 11 is 5.83. The van der Waals surface area contributed by atoms with Gasteiger partial charge in [0.25, 0.3) is 0 Å². The van der Waals surface area contributed by atoms with E-state index in [4.69, 9.17) is 23.1 Å². The van der Waals surface area contributed by atoms with E-state index in [1.165, 1.54) is 36.4 Å². The summed E-state index contributed by atoms with van der Waals surface area (Å²) in [5.74, 6) is -0.839. The number of nitrogens with two attached hydrogens (primary N) is 2. The van der Waals surface area contributed by atoms with Crippen molar-refractivity contribution in [2.24, 2.45) is 16.9 Å². The summed E-state index contributed by atoms with van der Waals surface area (Å²) in [5.41, 5.74) is 11.6. The minimum Gasteiger partial charge on any atom is -0.330 e. The largest absolute Gasteiger partial charge is 0.330 e. The number of sulfone groups is 1. The number of hydrogen-bond acceptors (Lipinski definition) is 4. The van der Waals surface area contributed by atoms with Crippen molar-refractivity contribution in [3.8, 4) is 0 Å². The molecule has 24 heavy (non-hydrogen) atoms. The predicted molar refractivity (Wildman–Crippen MR) is 92.1 cm³/mol. The second kappa shape index (κ2) is 6.11. The Labute approximate surface area is 145 Å². The lowest BCUT2D eigenvalue weighted by Crippen LogP contribution is -2.31. The Kier molecular flexibility index (Phi) is 4.42. The highest BCUT2D eigenvalue weighted by Gasteiger charge is 2.69. The summed E-state index contributed by atoms with van der Waals surface area (Å²) in [6.45, 7) is 0.227. The third kappa shape index (κ3) is 2.63. The maximum absolute atomic E-state index is 13.6. The molecule has 1 fully saturated rings. The minimum absolute atomic E-state index is 0.113. The van der Waals surface area contributed by atoms with Crippen molar-refractivity contribution in [2.75, 3.05) is 13.1 Å². The fourth-order valence-electron chi connectivity index (χ4n) is 3.49. The highest BCUT2D eigenvalue weighted by Crippen LogP contribution is 2.63. The monoisotopic (exact) mass is 368 g/mol. The van der Waals surface area contributed by atoms with Crippen molar-refractivity contribution in [1.82, 2.24) is 0 Å². The topological polar surface area (TPSA) is 86.2 Å². The second-order valence-corrected chi connectivity index (χ2v) is 8.60. The zero-order valence-corrected chi connectivity index (χ0v) is 14.4. The van der Waals surface area contributed by atoms with Gasteiger partial charge in [-0.2, -0.15) is 0 Å². The van der Waals surface area contributed by atoms with E-state index in [1.54, 1.807) is 12.1 Å². The number of benzene rings is 2. The van der Waals surface area contributed by atoms with Crippen molar-refractivity contribution >= 4 is 21.4 Å². The molecule has 0 aliphatic heterocycles. The zero-order valence-electron chi connectivity index (χ0n) is 12.8. The molecule has 0 spiro atoms. The molecule has 2 aromatic rings. The molecule has 0 bridgehead atoms. The van der Waals surface area contributed by atoms with Crippen LogP contribution in [0.25, 0.3) is 0 Å². The fraction of sp³-hybridized carbons (Fsp3) is 0.294.